The standard InChI is InChI=1S/2C32H29F2N3O4.2C3H6O/c2*1-18-9-7-14-23(19(18)2)37-27(29(39)35-17-20-10-5-4-6-11-20)32-16-15-31(3,41-32)24(25(32)30(37)40)28(38)36-26-21(33)12-8-13-22(26)34;2*1-3(2)4/h2*4-16,24-25,27H,17H2,1-3H3,(H,35,39)(H,36,38);2*1-2H3/t2*24-,25+,27-,31-,32+;;/m11../s1. The number of para-hydroxylation sites is 2. The van der Waals surface area contributed by atoms with E-state index in [1.807, 2.05) is 100 Å². The summed E-state index contributed by atoms with van der Waals surface area (Å²) in [6.45, 7) is 17.4. The minimum atomic E-state index is -1.47. The molecule has 6 heterocycles. The van der Waals surface area contributed by atoms with Gasteiger partial charge in [-0.15, -0.1) is 0 Å². The zero-order valence-corrected chi connectivity index (χ0v) is 51.4. The Morgan fingerprint density at radius 2 is 0.756 bits per heavy atom. The SMILES string of the molecule is CC(C)=O.CC(C)=O.Cc1cccc(N2C(=O)[C@@H]3[C@H](C(=O)Nc4c(F)cccc4F)[C@@]4(C)C=C[C@@]3(O4)[C@H]2C(=O)NCc2ccccc2)c1C.Cc1cccc(N2C(=O)[C@@H]3[C@H](C(=O)Nc4c(F)cccc4F)[C@@]4(C)C=C[C@@]3(O4)[C@H]2C(=O)NCc2ccccc2)c1C. The predicted octanol–water partition coefficient (Wildman–Crippen LogP) is 10.4. The van der Waals surface area contributed by atoms with E-state index in [1.165, 1.54) is 49.6 Å². The summed E-state index contributed by atoms with van der Waals surface area (Å²) in [5, 5.41) is 10.6. The third-order valence-electron chi connectivity index (χ3n) is 17.2. The fourth-order valence-electron chi connectivity index (χ4n) is 13.0. The maximum atomic E-state index is 14.5. The Hall–Kier alpha value is -9.40. The van der Waals surface area contributed by atoms with E-state index in [2.05, 4.69) is 21.3 Å². The summed E-state index contributed by atoms with van der Waals surface area (Å²) in [7, 11) is 0. The number of ketones is 2. The molecular formula is C70H70F4N6O10. The van der Waals surface area contributed by atoms with Gasteiger partial charge in [-0.05, 0) is 139 Å². The van der Waals surface area contributed by atoms with E-state index in [-0.39, 0.29) is 24.7 Å². The van der Waals surface area contributed by atoms with E-state index in [0.717, 1.165) is 57.6 Å². The zero-order chi connectivity index (χ0) is 65.4. The van der Waals surface area contributed by atoms with Crippen molar-refractivity contribution in [3.63, 3.8) is 0 Å². The molecule has 0 radical (unpaired) electrons. The van der Waals surface area contributed by atoms with Gasteiger partial charge in [-0.3, -0.25) is 38.6 Å². The van der Waals surface area contributed by atoms with Gasteiger partial charge in [0, 0.05) is 24.5 Å². The highest BCUT2D eigenvalue weighted by Gasteiger charge is 2.78. The third kappa shape index (κ3) is 12.0. The molecule has 90 heavy (non-hydrogen) atoms. The van der Waals surface area contributed by atoms with Gasteiger partial charge in [0.05, 0.1) is 34.9 Å². The van der Waals surface area contributed by atoms with Crippen LogP contribution in [0.15, 0.2) is 158 Å². The number of rotatable bonds is 12. The average molecular weight is 1230 g/mol. The maximum absolute atomic E-state index is 14.5. The number of ether oxygens (including phenoxy) is 2. The number of fused-ring (bicyclic) bond motifs is 2. The number of amides is 6. The lowest BCUT2D eigenvalue weighted by molar-refractivity contribution is -0.132. The number of nitrogens with zero attached hydrogens (tertiary/aromatic N) is 2. The molecule has 6 aromatic carbocycles. The van der Waals surface area contributed by atoms with E-state index >= 15 is 0 Å². The van der Waals surface area contributed by atoms with Gasteiger partial charge in [-0.25, -0.2) is 17.6 Å². The molecule has 4 saturated heterocycles. The Morgan fingerprint density at radius 3 is 1.08 bits per heavy atom. The van der Waals surface area contributed by atoms with Crippen molar-refractivity contribution < 1.29 is 65.4 Å². The Kier molecular flexibility index (Phi) is 18.5. The van der Waals surface area contributed by atoms with Gasteiger partial charge >= 0.3 is 0 Å². The largest absolute Gasteiger partial charge is 0.356 e. The molecule has 2 spiro atoms. The number of nitrogens with one attached hydrogen (secondary N) is 4. The van der Waals surface area contributed by atoms with Gasteiger partial charge in [0.15, 0.2) is 0 Å². The van der Waals surface area contributed by atoms with Crippen molar-refractivity contribution in [3.8, 4) is 0 Å². The molecule has 4 N–H and O–H groups in total. The second-order valence-electron chi connectivity index (χ2n) is 23.9. The topological polar surface area (TPSA) is 210 Å². The van der Waals surface area contributed by atoms with Crippen molar-refractivity contribution >= 4 is 69.8 Å². The van der Waals surface area contributed by atoms with Crippen LogP contribution in [0.25, 0.3) is 0 Å². The van der Waals surface area contributed by atoms with E-state index in [9.17, 15) is 55.9 Å². The van der Waals surface area contributed by atoms with Crippen LogP contribution in [0.2, 0.25) is 0 Å². The first kappa shape index (κ1) is 65.1. The predicted molar refractivity (Wildman–Crippen MR) is 330 cm³/mol. The summed E-state index contributed by atoms with van der Waals surface area (Å²) in [6.07, 6.45) is 6.73. The number of Topliss-reactive ketones (excluding diaryl/α,β-unsaturated/α-hetero) is 2. The normalized spacial score (nSPS) is 25.8. The molecule has 10 atom stereocenters. The molecule has 16 nitrogen and oxygen atoms in total. The summed E-state index contributed by atoms with van der Waals surface area (Å²) >= 11 is 0. The molecule has 6 amide bonds. The molecule has 468 valence electrons. The van der Waals surface area contributed by atoms with Crippen molar-refractivity contribution in [1.82, 2.24) is 10.6 Å². The van der Waals surface area contributed by atoms with Crippen LogP contribution in [-0.4, -0.2) is 81.5 Å². The average Bonchev–Trinajstić information content (AvgIpc) is 1.51. The third-order valence-corrected chi connectivity index (χ3v) is 17.2. The van der Waals surface area contributed by atoms with E-state index in [1.54, 1.807) is 62.4 Å². The lowest BCUT2D eigenvalue weighted by atomic mass is 9.70. The smallest absolute Gasteiger partial charge is 0.246 e. The minimum Gasteiger partial charge on any atom is -0.356 e. The molecule has 0 aliphatic carbocycles. The Labute approximate surface area is 519 Å². The van der Waals surface area contributed by atoms with Crippen molar-refractivity contribution in [2.45, 2.75) is 117 Å². The number of anilines is 4. The monoisotopic (exact) mass is 1230 g/mol. The van der Waals surface area contributed by atoms with Gasteiger partial charge < -0.3 is 40.3 Å². The van der Waals surface area contributed by atoms with Crippen LogP contribution in [0.5, 0.6) is 0 Å². The first-order valence-corrected chi connectivity index (χ1v) is 29.3. The number of carbonyl (C=O) groups is 8. The number of benzene rings is 6. The fraction of sp³-hybridized carbons (Fsp3) is 0.314. The van der Waals surface area contributed by atoms with Crippen LogP contribution < -0.4 is 31.1 Å². The van der Waals surface area contributed by atoms with Crippen LogP contribution >= 0.6 is 0 Å². The highest BCUT2D eigenvalue weighted by Crippen LogP contribution is 2.62. The summed E-state index contributed by atoms with van der Waals surface area (Å²) in [5.74, 6) is -11.3. The number of hydrogen-bond donors (Lipinski definition) is 4. The summed E-state index contributed by atoms with van der Waals surface area (Å²) in [6, 6.07) is 33.9. The Bertz CT molecular complexity index is 3620. The highest BCUT2D eigenvalue weighted by atomic mass is 19.1. The summed E-state index contributed by atoms with van der Waals surface area (Å²) in [5.41, 5.74) is -0.446. The number of carbonyl (C=O) groups excluding carboxylic acids is 8. The van der Waals surface area contributed by atoms with Crippen LogP contribution in [0.3, 0.4) is 0 Å². The Balaban J connectivity index is 0.000000191. The second kappa shape index (κ2) is 25.6. The van der Waals surface area contributed by atoms with Crippen molar-refractivity contribution in [1.29, 1.82) is 0 Å². The van der Waals surface area contributed by atoms with Crippen molar-refractivity contribution in [3.05, 3.63) is 214 Å². The molecule has 4 bridgehead atoms. The molecule has 0 unspecified atom stereocenters. The van der Waals surface area contributed by atoms with E-state index in [4.69, 9.17) is 9.47 Å². The quantitative estimate of drug-likeness (QED) is 0.0673. The fourth-order valence-corrected chi connectivity index (χ4v) is 13.0. The van der Waals surface area contributed by atoms with Gasteiger partial charge in [0.1, 0.15) is 69.5 Å². The molecule has 6 aliphatic rings. The van der Waals surface area contributed by atoms with Crippen LogP contribution in [0, 0.1) is 74.6 Å². The number of aryl methyl sites for hydroxylation is 2. The van der Waals surface area contributed by atoms with Gasteiger partial charge in [-0.1, -0.05) is 121 Å². The lowest BCUT2D eigenvalue weighted by Gasteiger charge is -2.33. The van der Waals surface area contributed by atoms with Gasteiger partial charge in [-0.2, -0.15) is 0 Å². The summed E-state index contributed by atoms with van der Waals surface area (Å²) < 4.78 is 70.8. The van der Waals surface area contributed by atoms with Crippen molar-refractivity contribution in [2.75, 3.05) is 20.4 Å². The molecule has 6 aliphatic heterocycles. The summed E-state index contributed by atoms with van der Waals surface area (Å²) in [4.78, 5) is 106. The maximum Gasteiger partial charge on any atom is 0.246 e. The molecule has 0 aromatic heterocycles. The second-order valence-corrected chi connectivity index (χ2v) is 23.9. The minimum absolute atomic E-state index is 0.167. The molecule has 0 saturated carbocycles. The zero-order valence-electron chi connectivity index (χ0n) is 51.4. The molecular weight excluding hydrogens is 1160 g/mol. The molecule has 12 rings (SSSR count). The number of hydrogen-bond acceptors (Lipinski definition) is 10. The highest BCUT2D eigenvalue weighted by molar-refractivity contribution is 6.13. The first-order chi connectivity index (χ1) is 42.6. The van der Waals surface area contributed by atoms with Crippen LogP contribution in [-0.2, 0) is 60.9 Å². The molecule has 6 aromatic rings. The van der Waals surface area contributed by atoms with Gasteiger partial charge in [0.25, 0.3) is 0 Å². The number of halogens is 4. The molecule has 4 fully saturated rings. The lowest BCUT2D eigenvalue weighted by Crippen LogP contribution is -2.55. The molecule has 20 heteroatoms. The van der Waals surface area contributed by atoms with E-state index < -0.39 is 128 Å². The Morgan fingerprint density at radius 1 is 0.444 bits per heavy atom. The van der Waals surface area contributed by atoms with E-state index in [0.29, 0.717) is 11.4 Å². The van der Waals surface area contributed by atoms with Gasteiger partial charge in [0.2, 0.25) is 35.4 Å². The van der Waals surface area contributed by atoms with Crippen LogP contribution in [0.1, 0.15) is 74.9 Å². The van der Waals surface area contributed by atoms with Crippen LogP contribution in [0.4, 0.5) is 40.3 Å². The first-order valence-electron chi connectivity index (χ1n) is 29.3. The van der Waals surface area contributed by atoms with Crippen molar-refractivity contribution in [2.24, 2.45) is 23.7 Å².